The van der Waals surface area contributed by atoms with E-state index in [0.717, 1.165) is 0 Å². The molecule has 1 rings (SSSR count). The minimum absolute atomic E-state index is 0.202. The van der Waals surface area contributed by atoms with Crippen LogP contribution in [0.5, 0.6) is 0 Å². The van der Waals surface area contributed by atoms with Crippen molar-refractivity contribution in [2.45, 2.75) is 40.7 Å². The monoisotopic (exact) mass is 228 g/mol. The van der Waals surface area contributed by atoms with E-state index in [4.69, 9.17) is 9.47 Å². The fourth-order valence-corrected chi connectivity index (χ4v) is 1.43. The van der Waals surface area contributed by atoms with E-state index in [1.54, 1.807) is 6.92 Å². The maximum absolute atomic E-state index is 11.7. The van der Waals surface area contributed by atoms with Crippen molar-refractivity contribution in [1.29, 1.82) is 0 Å². The first-order valence-corrected chi connectivity index (χ1v) is 5.63. The van der Waals surface area contributed by atoms with Crippen molar-refractivity contribution in [3.05, 3.63) is 0 Å². The first-order chi connectivity index (χ1) is 7.25. The van der Waals surface area contributed by atoms with Gasteiger partial charge in [0.25, 0.3) is 0 Å². The highest BCUT2D eigenvalue weighted by Gasteiger charge is 2.47. The number of ether oxygens (including phenoxy) is 2. The standard InChI is InChI=1S/C12H20O4/c1-7(2)8(3)10(13)16-9-11(14)15-6-12(9,4)5/h7-9H,6H2,1-5H3. The third-order valence-electron chi connectivity index (χ3n) is 3.12. The summed E-state index contributed by atoms with van der Waals surface area (Å²) < 4.78 is 10.2. The van der Waals surface area contributed by atoms with Gasteiger partial charge in [-0.15, -0.1) is 0 Å². The van der Waals surface area contributed by atoms with Gasteiger partial charge in [-0.3, -0.25) is 4.79 Å². The SMILES string of the molecule is CC(C)C(C)C(=O)OC1C(=O)OCC1(C)C. The molecular formula is C12H20O4. The van der Waals surface area contributed by atoms with Gasteiger partial charge in [0.05, 0.1) is 5.92 Å². The fraction of sp³-hybridized carbons (Fsp3) is 0.833. The van der Waals surface area contributed by atoms with Gasteiger partial charge in [0.2, 0.25) is 6.10 Å². The predicted molar refractivity (Wildman–Crippen MR) is 58.6 cm³/mol. The van der Waals surface area contributed by atoms with Gasteiger partial charge in [0.15, 0.2) is 0 Å². The molecule has 1 aliphatic heterocycles. The highest BCUT2D eigenvalue weighted by Crippen LogP contribution is 2.31. The average molecular weight is 228 g/mol. The van der Waals surface area contributed by atoms with Crippen LogP contribution in [-0.2, 0) is 19.1 Å². The molecule has 0 aliphatic carbocycles. The van der Waals surface area contributed by atoms with Crippen molar-refractivity contribution in [2.75, 3.05) is 6.61 Å². The van der Waals surface area contributed by atoms with Gasteiger partial charge in [-0.25, -0.2) is 4.79 Å². The molecule has 16 heavy (non-hydrogen) atoms. The lowest BCUT2D eigenvalue weighted by Gasteiger charge is -2.24. The van der Waals surface area contributed by atoms with Gasteiger partial charge in [-0.05, 0) is 5.92 Å². The van der Waals surface area contributed by atoms with Crippen LogP contribution in [0.3, 0.4) is 0 Å². The van der Waals surface area contributed by atoms with Gasteiger partial charge in [0, 0.05) is 5.41 Å². The maximum atomic E-state index is 11.7. The summed E-state index contributed by atoms with van der Waals surface area (Å²) in [6.45, 7) is 9.72. The molecule has 1 heterocycles. The number of rotatable bonds is 3. The molecule has 0 spiro atoms. The van der Waals surface area contributed by atoms with Crippen LogP contribution in [0.1, 0.15) is 34.6 Å². The Kier molecular flexibility index (Phi) is 3.61. The Balaban J connectivity index is 2.67. The Morgan fingerprint density at radius 3 is 2.38 bits per heavy atom. The number of hydrogen-bond donors (Lipinski definition) is 0. The van der Waals surface area contributed by atoms with Crippen molar-refractivity contribution in [3.8, 4) is 0 Å². The number of carbonyl (C=O) groups is 2. The molecule has 2 unspecified atom stereocenters. The average Bonchev–Trinajstić information content (AvgIpc) is 2.43. The van der Waals surface area contributed by atoms with Gasteiger partial charge >= 0.3 is 11.9 Å². The molecule has 0 radical (unpaired) electrons. The van der Waals surface area contributed by atoms with E-state index in [1.165, 1.54) is 0 Å². The fourth-order valence-electron chi connectivity index (χ4n) is 1.43. The molecule has 0 N–H and O–H groups in total. The third kappa shape index (κ3) is 2.54. The molecule has 0 aromatic carbocycles. The molecule has 1 fully saturated rings. The van der Waals surface area contributed by atoms with Crippen LogP contribution in [-0.4, -0.2) is 24.6 Å². The Hall–Kier alpha value is -1.06. The summed E-state index contributed by atoms with van der Waals surface area (Å²) in [6.07, 6.45) is -0.763. The molecular weight excluding hydrogens is 208 g/mol. The van der Waals surface area contributed by atoms with E-state index in [9.17, 15) is 9.59 Å². The summed E-state index contributed by atoms with van der Waals surface area (Å²) in [5.41, 5.74) is -0.427. The Morgan fingerprint density at radius 1 is 1.44 bits per heavy atom. The smallest absolute Gasteiger partial charge is 0.348 e. The molecule has 0 aromatic heterocycles. The number of esters is 2. The Morgan fingerprint density at radius 2 is 2.00 bits per heavy atom. The van der Waals surface area contributed by atoms with E-state index < -0.39 is 17.5 Å². The second-order valence-electron chi connectivity index (χ2n) is 5.45. The lowest BCUT2D eigenvalue weighted by Crippen LogP contribution is -2.37. The van der Waals surface area contributed by atoms with Crippen LogP contribution in [0, 0.1) is 17.3 Å². The summed E-state index contributed by atoms with van der Waals surface area (Å²) in [6, 6.07) is 0. The predicted octanol–water partition coefficient (Wildman–Crippen LogP) is 1.77. The van der Waals surface area contributed by atoms with E-state index in [2.05, 4.69) is 0 Å². The molecule has 1 aliphatic rings. The van der Waals surface area contributed by atoms with Crippen molar-refractivity contribution in [3.63, 3.8) is 0 Å². The van der Waals surface area contributed by atoms with Crippen molar-refractivity contribution in [1.82, 2.24) is 0 Å². The molecule has 0 amide bonds. The van der Waals surface area contributed by atoms with Crippen LogP contribution in [0.15, 0.2) is 0 Å². The molecule has 0 bridgehead atoms. The summed E-state index contributed by atoms with van der Waals surface area (Å²) >= 11 is 0. The second kappa shape index (κ2) is 4.44. The lowest BCUT2D eigenvalue weighted by molar-refractivity contribution is -0.167. The summed E-state index contributed by atoms with van der Waals surface area (Å²) in [5, 5.41) is 0. The second-order valence-corrected chi connectivity index (χ2v) is 5.45. The van der Waals surface area contributed by atoms with E-state index in [-0.39, 0.29) is 17.8 Å². The van der Waals surface area contributed by atoms with Crippen LogP contribution < -0.4 is 0 Å². The van der Waals surface area contributed by atoms with Crippen molar-refractivity contribution >= 4 is 11.9 Å². The normalized spacial score (nSPS) is 25.4. The molecule has 1 saturated heterocycles. The van der Waals surface area contributed by atoms with Crippen LogP contribution >= 0.6 is 0 Å². The van der Waals surface area contributed by atoms with Crippen molar-refractivity contribution < 1.29 is 19.1 Å². The van der Waals surface area contributed by atoms with Gasteiger partial charge in [-0.2, -0.15) is 0 Å². The van der Waals surface area contributed by atoms with Crippen molar-refractivity contribution in [2.24, 2.45) is 17.3 Å². The van der Waals surface area contributed by atoms with E-state index in [0.29, 0.717) is 6.61 Å². The van der Waals surface area contributed by atoms with Crippen LogP contribution in [0.4, 0.5) is 0 Å². The summed E-state index contributed by atoms with van der Waals surface area (Å²) in [4.78, 5) is 23.2. The number of carbonyl (C=O) groups excluding carboxylic acids is 2. The third-order valence-corrected chi connectivity index (χ3v) is 3.12. The first kappa shape index (κ1) is 13.0. The highest BCUT2D eigenvalue weighted by atomic mass is 16.6. The zero-order valence-electron chi connectivity index (χ0n) is 10.6. The van der Waals surface area contributed by atoms with Gasteiger partial charge < -0.3 is 9.47 Å². The Bertz CT molecular complexity index is 293. The largest absolute Gasteiger partial charge is 0.462 e. The maximum Gasteiger partial charge on any atom is 0.348 e. The van der Waals surface area contributed by atoms with Crippen LogP contribution in [0.2, 0.25) is 0 Å². The van der Waals surface area contributed by atoms with Crippen LogP contribution in [0.25, 0.3) is 0 Å². The lowest BCUT2D eigenvalue weighted by atomic mass is 9.89. The minimum atomic E-state index is -0.763. The number of cyclic esters (lactones) is 1. The van der Waals surface area contributed by atoms with Gasteiger partial charge in [-0.1, -0.05) is 34.6 Å². The molecule has 4 heteroatoms. The molecule has 92 valence electrons. The highest BCUT2D eigenvalue weighted by molar-refractivity contribution is 5.82. The van der Waals surface area contributed by atoms with E-state index >= 15 is 0 Å². The van der Waals surface area contributed by atoms with E-state index in [1.807, 2.05) is 27.7 Å². The zero-order chi connectivity index (χ0) is 12.5. The summed E-state index contributed by atoms with van der Waals surface area (Å²) in [5.74, 6) is -0.765. The first-order valence-electron chi connectivity index (χ1n) is 5.63. The molecule has 0 saturated carbocycles. The minimum Gasteiger partial charge on any atom is -0.462 e. The van der Waals surface area contributed by atoms with Gasteiger partial charge in [0.1, 0.15) is 6.61 Å². The molecule has 4 nitrogen and oxygen atoms in total. The molecule has 2 atom stereocenters. The number of hydrogen-bond acceptors (Lipinski definition) is 4. The quantitative estimate of drug-likeness (QED) is 0.691. The Labute approximate surface area is 96.3 Å². The summed E-state index contributed by atoms with van der Waals surface area (Å²) in [7, 11) is 0. The molecule has 0 aromatic rings. The topological polar surface area (TPSA) is 52.6 Å². The zero-order valence-corrected chi connectivity index (χ0v) is 10.6.